The minimum absolute atomic E-state index is 0.140. The number of methoxy groups -OCH3 is 4. The largest absolute Gasteiger partial charge is 0.497 e. The van der Waals surface area contributed by atoms with Crippen LogP contribution in [0, 0.1) is 0 Å². The Hall–Kier alpha value is -3.62. The first-order chi connectivity index (χ1) is 15.5. The molecule has 0 atom stereocenters. The number of fused-ring (bicyclic) bond motifs is 1. The van der Waals surface area contributed by atoms with Gasteiger partial charge in [0, 0.05) is 49.9 Å². The molecule has 2 aromatic carbocycles. The number of rotatable bonds is 8. The maximum Gasteiger partial charge on any atom is 0.317 e. The summed E-state index contributed by atoms with van der Waals surface area (Å²) in [5.41, 5.74) is 2.73. The molecule has 0 aromatic heterocycles. The Kier molecular flexibility index (Phi) is 7.64. The van der Waals surface area contributed by atoms with Crippen molar-refractivity contribution < 1.29 is 28.5 Å². The standard InChI is InChI=1S/C23H29N3O6/c1-29-18-11-17(12-19(13-18)30-2)25-22(27)5-7-24-23(28)26-8-6-15-9-20(31-3)21(32-4)10-16(15)14-26/h9-13H,5-8,14H2,1-4H3,(H,24,28)(H,25,27). The average Bonchev–Trinajstić information content (AvgIpc) is 2.82. The summed E-state index contributed by atoms with van der Waals surface area (Å²) >= 11 is 0. The maximum absolute atomic E-state index is 12.6. The van der Waals surface area contributed by atoms with E-state index in [1.54, 1.807) is 51.5 Å². The molecule has 3 amide bonds. The fourth-order valence-electron chi connectivity index (χ4n) is 3.55. The van der Waals surface area contributed by atoms with E-state index in [1.165, 1.54) is 0 Å². The summed E-state index contributed by atoms with van der Waals surface area (Å²) in [5, 5.41) is 5.61. The van der Waals surface area contributed by atoms with Crippen molar-refractivity contribution in [3.05, 3.63) is 41.5 Å². The summed E-state index contributed by atoms with van der Waals surface area (Å²) in [6, 6.07) is 8.78. The smallest absolute Gasteiger partial charge is 0.317 e. The van der Waals surface area contributed by atoms with Crippen LogP contribution in [-0.4, -0.2) is 58.4 Å². The molecule has 0 saturated carbocycles. The highest BCUT2D eigenvalue weighted by atomic mass is 16.5. The molecule has 0 aliphatic carbocycles. The van der Waals surface area contributed by atoms with Gasteiger partial charge in [-0.2, -0.15) is 0 Å². The highest BCUT2D eigenvalue weighted by Gasteiger charge is 2.22. The lowest BCUT2D eigenvalue weighted by atomic mass is 9.99. The van der Waals surface area contributed by atoms with Gasteiger partial charge in [0.05, 0.1) is 28.4 Å². The average molecular weight is 444 g/mol. The Bertz CT molecular complexity index is 956. The molecule has 9 nitrogen and oxygen atoms in total. The van der Waals surface area contributed by atoms with E-state index < -0.39 is 0 Å². The van der Waals surface area contributed by atoms with Crippen molar-refractivity contribution in [2.24, 2.45) is 0 Å². The SMILES string of the molecule is COc1cc(NC(=O)CCNC(=O)N2CCc3cc(OC)c(OC)cc3C2)cc(OC)c1. The number of urea groups is 1. The lowest BCUT2D eigenvalue weighted by molar-refractivity contribution is -0.116. The molecular weight excluding hydrogens is 414 g/mol. The minimum Gasteiger partial charge on any atom is -0.497 e. The number of amides is 3. The number of hydrogen-bond donors (Lipinski definition) is 2. The van der Waals surface area contributed by atoms with Gasteiger partial charge in [-0.15, -0.1) is 0 Å². The van der Waals surface area contributed by atoms with Crippen molar-refractivity contribution in [2.45, 2.75) is 19.4 Å². The number of benzene rings is 2. The molecule has 3 rings (SSSR count). The molecule has 32 heavy (non-hydrogen) atoms. The van der Waals surface area contributed by atoms with Crippen molar-refractivity contribution in [1.29, 1.82) is 0 Å². The van der Waals surface area contributed by atoms with E-state index in [2.05, 4.69) is 10.6 Å². The van der Waals surface area contributed by atoms with E-state index in [9.17, 15) is 9.59 Å². The summed E-state index contributed by atoms with van der Waals surface area (Å²) in [6.45, 7) is 1.28. The van der Waals surface area contributed by atoms with Crippen LogP contribution in [0.5, 0.6) is 23.0 Å². The van der Waals surface area contributed by atoms with Gasteiger partial charge in [-0.3, -0.25) is 4.79 Å². The molecule has 1 aliphatic heterocycles. The first-order valence-electron chi connectivity index (χ1n) is 10.3. The fraction of sp³-hybridized carbons (Fsp3) is 0.391. The van der Waals surface area contributed by atoms with Gasteiger partial charge >= 0.3 is 6.03 Å². The zero-order chi connectivity index (χ0) is 23.1. The van der Waals surface area contributed by atoms with Crippen LogP contribution in [0.3, 0.4) is 0 Å². The summed E-state index contributed by atoms with van der Waals surface area (Å²) in [7, 11) is 6.28. The maximum atomic E-state index is 12.6. The van der Waals surface area contributed by atoms with E-state index in [0.717, 1.165) is 17.5 Å². The van der Waals surface area contributed by atoms with Gasteiger partial charge in [0.2, 0.25) is 5.91 Å². The summed E-state index contributed by atoms with van der Waals surface area (Å²) in [4.78, 5) is 26.6. The van der Waals surface area contributed by atoms with Crippen LogP contribution in [0.2, 0.25) is 0 Å². The quantitative estimate of drug-likeness (QED) is 0.651. The fourth-order valence-corrected chi connectivity index (χ4v) is 3.55. The molecule has 0 radical (unpaired) electrons. The van der Waals surface area contributed by atoms with Crippen LogP contribution in [0.1, 0.15) is 17.5 Å². The lowest BCUT2D eigenvalue weighted by Gasteiger charge is -2.29. The molecule has 0 saturated heterocycles. The highest BCUT2D eigenvalue weighted by Crippen LogP contribution is 2.33. The predicted molar refractivity (Wildman–Crippen MR) is 120 cm³/mol. The van der Waals surface area contributed by atoms with Gasteiger partial charge in [0.1, 0.15) is 11.5 Å². The van der Waals surface area contributed by atoms with Crippen molar-refractivity contribution in [1.82, 2.24) is 10.2 Å². The molecule has 0 spiro atoms. The highest BCUT2D eigenvalue weighted by molar-refractivity contribution is 5.91. The lowest BCUT2D eigenvalue weighted by Crippen LogP contribution is -2.43. The van der Waals surface area contributed by atoms with Crippen LogP contribution >= 0.6 is 0 Å². The molecule has 0 unspecified atom stereocenters. The van der Waals surface area contributed by atoms with Crippen LogP contribution in [0.25, 0.3) is 0 Å². The predicted octanol–water partition coefficient (Wildman–Crippen LogP) is 2.82. The van der Waals surface area contributed by atoms with Crippen molar-refractivity contribution >= 4 is 17.6 Å². The third kappa shape index (κ3) is 5.54. The van der Waals surface area contributed by atoms with Crippen LogP contribution in [0.15, 0.2) is 30.3 Å². The van der Waals surface area contributed by atoms with Crippen LogP contribution < -0.4 is 29.6 Å². The number of carbonyl (C=O) groups excluding carboxylic acids is 2. The number of ether oxygens (including phenoxy) is 4. The molecule has 1 heterocycles. The Balaban J connectivity index is 1.51. The van der Waals surface area contributed by atoms with E-state index in [4.69, 9.17) is 18.9 Å². The zero-order valence-electron chi connectivity index (χ0n) is 18.8. The number of nitrogens with zero attached hydrogens (tertiary/aromatic N) is 1. The Morgan fingerprint density at radius 3 is 2.09 bits per heavy atom. The zero-order valence-corrected chi connectivity index (χ0v) is 18.8. The molecule has 2 aromatic rings. The third-order valence-electron chi connectivity index (χ3n) is 5.27. The van der Waals surface area contributed by atoms with E-state index >= 15 is 0 Å². The first kappa shape index (κ1) is 23.1. The van der Waals surface area contributed by atoms with Gasteiger partial charge in [-0.25, -0.2) is 4.79 Å². The summed E-state index contributed by atoms with van der Waals surface area (Å²) < 4.78 is 21.1. The number of anilines is 1. The van der Waals surface area contributed by atoms with Gasteiger partial charge in [-0.05, 0) is 29.7 Å². The molecular formula is C23H29N3O6. The van der Waals surface area contributed by atoms with Crippen molar-refractivity contribution in [2.75, 3.05) is 46.8 Å². The summed E-state index contributed by atoms with van der Waals surface area (Å²) in [5.74, 6) is 2.25. The molecule has 1 aliphatic rings. The first-order valence-corrected chi connectivity index (χ1v) is 10.3. The van der Waals surface area contributed by atoms with Crippen molar-refractivity contribution in [3.8, 4) is 23.0 Å². The second-order valence-corrected chi connectivity index (χ2v) is 7.28. The van der Waals surface area contributed by atoms with Gasteiger partial charge in [0.25, 0.3) is 0 Å². The number of nitrogens with one attached hydrogen (secondary N) is 2. The normalized spacial score (nSPS) is 12.4. The monoisotopic (exact) mass is 443 g/mol. The molecule has 0 fully saturated rings. The summed E-state index contributed by atoms with van der Waals surface area (Å²) in [6.07, 6.45) is 0.863. The van der Waals surface area contributed by atoms with E-state index in [0.29, 0.717) is 41.8 Å². The second-order valence-electron chi connectivity index (χ2n) is 7.28. The molecule has 172 valence electrons. The molecule has 2 N–H and O–H groups in total. The number of hydrogen-bond acceptors (Lipinski definition) is 6. The third-order valence-corrected chi connectivity index (χ3v) is 5.27. The van der Waals surface area contributed by atoms with Gasteiger partial charge in [0.15, 0.2) is 11.5 Å². The van der Waals surface area contributed by atoms with Gasteiger partial charge < -0.3 is 34.5 Å². The van der Waals surface area contributed by atoms with E-state index in [-0.39, 0.29) is 24.9 Å². The second kappa shape index (κ2) is 10.6. The Morgan fingerprint density at radius 2 is 1.50 bits per heavy atom. The number of carbonyl (C=O) groups is 2. The minimum atomic E-state index is -0.221. The van der Waals surface area contributed by atoms with Gasteiger partial charge in [-0.1, -0.05) is 0 Å². The molecule has 0 bridgehead atoms. The topological polar surface area (TPSA) is 98.4 Å². The van der Waals surface area contributed by atoms with Crippen LogP contribution in [0.4, 0.5) is 10.5 Å². The van der Waals surface area contributed by atoms with E-state index in [1.807, 2.05) is 12.1 Å². The van der Waals surface area contributed by atoms with Crippen LogP contribution in [-0.2, 0) is 17.8 Å². The van der Waals surface area contributed by atoms with Crippen molar-refractivity contribution in [3.63, 3.8) is 0 Å². The Labute approximate surface area is 187 Å². The molecule has 9 heteroatoms. The Morgan fingerprint density at radius 1 is 0.875 bits per heavy atom.